The SMILES string of the molecule is CCCN1CCC(N2CCCC(NCC)C2)CC1. The van der Waals surface area contributed by atoms with E-state index in [-0.39, 0.29) is 0 Å². The van der Waals surface area contributed by atoms with E-state index in [9.17, 15) is 0 Å². The smallest absolute Gasteiger partial charge is 0.0195 e. The number of nitrogens with zero attached hydrogens (tertiary/aromatic N) is 2. The van der Waals surface area contributed by atoms with Crippen LogP contribution in [0.4, 0.5) is 0 Å². The standard InChI is InChI=1S/C15H31N3/c1-3-9-17-11-7-15(8-12-17)18-10-5-6-14(13-18)16-4-2/h14-16H,3-13H2,1-2H3. The highest BCUT2D eigenvalue weighted by molar-refractivity contribution is 4.85. The van der Waals surface area contributed by atoms with Gasteiger partial charge in [-0.3, -0.25) is 4.90 Å². The van der Waals surface area contributed by atoms with Crippen LogP contribution < -0.4 is 5.32 Å². The molecule has 0 aromatic rings. The molecular weight excluding hydrogens is 222 g/mol. The largest absolute Gasteiger partial charge is 0.313 e. The van der Waals surface area contributed by atoms with Crippen molar-refractivity contribution in [2.45, 2.75) is 58.0 Å². The number of rotatable bonds is 5. The first kappa shape index (κ1) is 14.3. The molecule has 1 N–H and O–H groups in total. The zero-order valence-electron chi connectivity index (χ0n) is 12.3. The lowest BCUT2D eigenvalue weighted by Crippen LogP contribution is -2.52. The van der Waals surface area contributed by atoms with Crippen molar-refractivity contribution in [2.24, 2.45) is 0 Å². The fraction of sp³-hybridized carbons (Fsp3) is 1.00. The molecule has 0 bridgehead atoms. The molecule has 1 unspecified atom stereocenters. The molecule has 0 radical (unpaired) electrons. The van der Waals surface area contributed by atoms with Crippen LogP contribution in [0.15, 0.2) is 0 Å². The molecule has 106 valence electrons. The van der Waals surface area contributed by atoms with E-state index in [1.165, 1.54) is 64.8 Å². The Morgan fingerprint density at radius 3 is 2.50 bits per heavy atom. The average molecular weight is 253 g/mol. The quantitative estimate of drug-likeness (QED) is 0.808. The van der Waals surface area contributed by atoms with E-state index >= 15 is 0 Å². The predicted octanol–water partition coefficient (Wildman–Crippen LogP) is 1.93. The van der Waals surface area contributed by atoms with Gasteiger partial charge in [0.1, 0.15) is 0 Å². The van der Waals surface area contributed by atoms with E-state index in [0.29, 0.717) is 0 Å². The minimum absolute atomic E-state index is 0.748. The van der Waals surface area contributed by atoms with Gasteiger partial charge in [-0.25, -0.2) is 0 Å². The molecule has 1 atom stereocenters. The fourth-order valence-corrected chi connectivity index (χ4v) is 3.62. The lowest BCUT2D eigenvalue weighted by molar-refractivity contribution is 0.0803. The maximum atomic E-state index is 3.63. The Kier molecular flexibility index (Phi) is 5.93. The first-order valence-electron chi connectivity index (χ1n) is 8.03. The number of likely N-dealkylation sites (N-methyl/N-ethyl adjacent to an activating group) is 1. The summed E-state index contributed by atoms with van der Waals surface area (Å²) in [4.78, 5) is 5.41. The Hall–Kier alpha value is -0.120. The maximum Gasteiger partial charge on any atom is 0.0195 e. The molecule has 3 heteroatoms. The number of hydrogen-bond acceptors (Lipinski definition) is 3. The van der Waals surface area contributed by atoms with E-state index in [2.05, 4.69) is 29.0 Å². The Morgan fingerprint density at radius 2 is 1.83 bits per heavy atom. The summed E-state index contributed by atoms with van der Waals surface area (Å²) in [5.41, 5.74) is 0. The van der Waals surface area contributed by atoms with Crippen molar-refractivity contribution in [2.75, 3.05) is 39.3 Å². The van der Waals surface area contributed by atoms with Gasteiger partial charge in [-0.05, 0) is 64.8 Å². The zero-order valence-corrected chi connectivity index (χ0v) is 12.3. The van der Waals surface area contributed by atoms with Crippen LogP contribution in [-0.4, -0.2) is 61.2 Å². The fourth-order valence-electron chi connectivity index (χ4n) is 3.62. The third-order valence-corrected chi connectivity index (χ3v) is 4.56. The van der Waals surface area contributed by atoms with Crippen molar-refractivity contribution >= 4 is 0 Å². The van der Waals surface area contributed by atoms with Crippen LogP contribution in [0.1, 0.15) is 46.0 Å². The van der Waals surface area contributed by atoms with Gasteiger partial charge in [0.05, 0.1) is 0 Å². The monoisotopic (exact) mass is 253 g/mol. The van der Waals surface area contributed by atoms with Crippen LogP contribution in [-0.2, 0) is 0 Å². The van der Waals surface area contributed by atoms with Gasteiger partial charge >= 0.3 is 0 Å². The molecule has 18 heavy (non-hydrogen) atoms. The van der Waals surface area contributed by atoms with Gasteiger partial charge in [-0.1, -0.05) is 13.8 Å². The Bertz CT molecular complexity index is 222. The number of likely N-dealkylation sites (tertiary alicyclic amines) is 2. The lowest BCUT2D eigenvalue weighted by atomic mass is 9.98. The number of nitrogens with one attached hydrogen (secondary N) is 1. The minimum Gasteiger partial charge on any atom is -0.313 e. The van der Waals surface area contributed by atoms with Gasteiger partial charge in [0.25, 0.3) is 0 Å². The molecule has 3 nitrogen and oxygen atoms in total. The van der Waals surface area contributed by atoms with Crippen LogP contribution in [0.3, 0.4) is 0 Å². The van der Waals surface area contributed by atoms with Crippen LogP contribution >= 0.6 is 0 Å². The lowest BCUT2D eigenvalue weighted by Gasteiger charge is -2.42. The van der Waals surface area contributed by atoms with Gasteiger partial charge in [0, 0.05) is 18.6 Å². The second-order valence-corrected chi connectivity index (χ2v) is 5.96. The Morgan fingerprint density at radius 1 is 1.06 bits per heavy atom. The molecule has 2 heterocycles. The van der Waals surface area contributed by atoms with E-state index in [1.54, 1.807) is 0 Å². The molecule has 2 saturated heterocycles. The van der Waals surface area contributed by atoms with E-state index in [4.69, 9.17) is 0 Å². The number of hydrogen-bond donors (Lipinski definition) is 1. The molecule has 2 fully saturated rings. The van der Waals surface area contributed by atoms with Gasteiger partial charge < -0.3 is 10.2 Å². The highest BCUT2D eigenvalue weighted by Crippen LogP contribution is 2.21. The topological polar surface area (TPSA) is 18.5 Å². The molecule has 0 amide bonds. The second-order valence-electron chi connectivity index (χ2n) is 5.96. The first-order chi connectivity index (χ1) is 8.83. The van der Waals surface area contributed by atoms with Gasteiger partial charge in [-0.2, -0.15) is 0 Å². The molecule has 2 aliphatic rings. The third-order valence-electron chi connectivity index (χ3n) is 4.56. The Labute approximate surface area is 113 Å². The van der Waals surface area contributed by atoms with E-state index in [1.807, 2.05) is 0 Å². The van der Waals surface area contributed by atoms with Crippen molar-refractivity contribution in [1.82, 2.24) is 15.1 Å². The molecule has 2 aliphatic heterocycles. The van der Waals surface area contributed by atoms with Crippen LogP contribution in [0.5, 0.6) is 0 Å². The first-order valence-corrected chi connectivity index (χ1v) is 8.03. The summed E-state index contributed by atoms with van der Waals surface area (Å²) >= 11 is 0. The van der Waals surface area contributed by atoms with Gasteiger partial charge in [0.15, 0.2) is 0 Å². The Balaban J connectivity index is 1.75. The predicted molar refractivity (Wildman–Crippen MR) is 78.0 cm³/mol. The summed E-state index contributed by atoms with van der Waals surface area (Å²) in [5, 5.41) is 3.63. The molecule has 0 saturated carbocycles. The van der Waals surface area contributed by atoms with Crippen molar-refractivity contribution in [3.8, 4) is 0 Å². The maximum absolute atomic E-state index is 3.63. The van der Waals surface area contributed by atoms with Crippen molar-refractivity contribution in [3.63, 3.8) is 0 Å². The minimum atomic E-state index is 0.748. The van der Waals surface area contributed by atoms with Crippen LogP contribution in [0.25, 0.3) is 0 Å². The molecule has 2 rings (SSSR count). The molecule has 0 aromatic heterocycles. The summed E-state index contributed by atoms with van der Waals surface area (Å²) in [7, 11) is 0. The summed E-state index contributed by atoms with van der Waals surface area (Å²) < 4.78 is 0. The molecule has 0 aliphatic carbocycles. The van der Waals surface area contributed by atoms with Crippen molar-refractivity contribution in [1.29, 1.82) is 0 Å². The highest BCUT2D eigenvalue weighted by Gasteiger charge is 2.28. The van der Waals surface area contributed by atoms with Crippen LogP contribution in [0.2, 0.25) is 0 Å². The van der Waals surface area contributed by atoms with Crippen molar-refractivity contribution in [3.05, 3.63) is 0 Å². The summed E-state index contributed by atoms with van der Waals surface area (Å²) in [5.74, 6) is 0. The van der Waals surface area contributed by atoms with E-state index < -0.39 is 0 Å². The van der Waals surface area contributed by atoms with Gasteiger partial charge in [-0.15, -0.1) is 0 Å². The van der Waals surface area contributed by atoms with Crippen molar-refractivity contribution < 1.29 is 0 Å². The van der Waals surface area contributed by atoms with Gasteiger partial charge in [0.2, 0.25) is 0 Å². The highest BCUT2D eigenvalue weighted by atomic mass is 15.2. The zero-order chi connectivity index (χ0) is 12.8. The molecular formula is C15H31N3. The summed E-state index contributed by atoms with van der Waals surface area (Å²) in [6, 6.07) is 1.61. The summed E-state index contributed by atoms with van der Waals surface area (Å²) in [6.07, 6.45) is 6.83. The second kappa shape index (κ2) is 7.46. The summed E-state index contributed by atoms with van der Waals surface area (Å²) in [6.45, 7) is 12.2. The normalized spacial score (nSPS) is 28.7. The third kappa shape index (κ3) is 3.94. The average Bonchev–Trinajstić information content (AvgIpc) is 2.41. The number of piperidine rings is 2. The molecule has 0 spiro atoms. The molecule has 0 aromatic carbocycles. The van der Waals surface area contributed by atoms with Crippen LogP contribution in [0, 0.1) is 0 Å². The van der Waals surface area contributed by atoms with E-state index in [0.717, 1.165) is 18.6 Å².